The van der Waals surface area contributed by atoms with Gasteiger partial charge in [-0.3, -0.25) is 4.57 Å². The van der Waals surface area contributed by atoms with Gasteiger partial charge in [0.25, 0.3) is 0 Å². The molecule has 0 atom stereocenters. The first-order chi connectivity index (χ1) is 9.96. The van der Waals surface area contributed by atoms with Crippen molar-refractivity contribution < 1.29 is 13.9 Å². The Balaban J connectivity index is 2.54. The fourth-order valence-electron chi connectivity index (χ4n) is 2.44. The second-order valence-electron chi connectivity index (χ2n) is 7.90. The number of hydrogen-bond donors (Lipinski definition) is 0. The van der Waals surface area contributed by atoms with E-state index in [1.165, 1.54) is 16.7 Å². The minimum atomic E-state index is -0.572. The summed E-state index contributed by atoms with van der Waals surface area (Å²) in [6.45, 7) is 11.8. The molecule has 1 aromatic heterocycles. The Bertz CT molecular complexity index is 702. The lowest BCUT2D eigenvalue weighted by Gasteiger charge is -2.20. The van der Waals surface area contributed by atoms with Crippen LogP contribution in [0.25, 0.3) is 10.9 Å². The van der Waals surface area contributed by atoms with Gasteiger partial charge >= 0.3 is 6.09 Å². The molecule has 0 saturated carbocycles. The molecule has 0 bridgehead atoms. The van der Waals surface area contributed by atoms with Gasteiger partial charge in [-0.05, 0) is 56.4 Å². The number of fused-ring (bicyclic) bond motifs is 1. The second-order valence-corrected chi connectivity index (χ2v) is 7.90. The van der Waals surface area contributed by atoms with Crippen molar-refractivity contribution in [2.75, 3.05) is 0 Å². The monoisotopic (exact) mass is 305 g/mol. The van der Waals surface area contributed by atoms with Crippen LogP contribution in [0.15, 0.2) is 24.4 Å². The number of carbonyl (C=O) groups is 1. The Morgan fingerprint density at radius 2 is 1.82 bits per heavy atom. The van der Waals surface area contributed by atoms with Gasteiger partial charge in [0.1, 0.15) is 11.4 Å². The summed E-state index contributed by atoms with van der Waals surface area (Å²) in [7, 11) is 0. The van der Waals surface area contributed by atoms with Gasteiger partial charge in [-0.15, -0.1) is 0 Å². The largest absolute Gasteiger partial charge is 0.443 e. The first-order valence-corrected chi connectivity index (χ1v) is 7.49. The van der Waals surface area contributed by atoms with E-state index in [9.17, 15) is 9.18 Å². The van der Waals surface area contributed by atoms with E-state index in [1.54, 1.807) is 12.3 Å². The van der Waals surface area contributed by atoms with Gasteiger partial charge < -0.3 is 4.74 Å². The van der Waals surface area contributed by atoms with Crippen molar-refractivity contribution in [3.05, 3.63) is 35.8 Å². The van der Waals surface area contributed by atoms with Gasteiger partial charge in [0.2, 0.25) is 0 Å². The van der Waals surface area contributed by atoms with Crippen molar-refractivity contribution in [2.24, 2.45) is 5.41 Å². The van der Waals surface area contributed by atoms with E-state index in [0.29, 0.717) is 5.52 Å². The Morgan fingerprint density at radius 3 is 2.36 bits per heavy atom. The zero-order valence-electron chi connectivity index (χ0n) is 14.2. The average Bonchev–Trinajstić information content (AvgIpc) is 2.63. The molecule has 2 aromatic rings. The summed E-state index contributed by atoms with van der Waals surface area (Å²) in [6.07, 6.45) is 2.08. The van der Waals surface area contributed by atoms with Gasteiger partial charge in [0.05, 0.1) is 5.52 Å². The van der Waals surface area contributed by atoms with Gasteiger partial charge in [0.15, 0.2) is 0 Å². The van der Waals surface area contributed by atoms with Gasteiger partial charge in [-0.2, -0.15) is 0 Å². The maximum absolute atomic E-state index is 13.6. The zero-order chi connectivity index (χ0) is 16.7. The number of nitrogens with zero attached hydrogens (tertiary/aromatic N) is 1. The molecule has 1 aromatic carbocycles. The standard InChI is InChI=1S/C18H24FNO2/c1-17(2,3)10-12-11-20(16(21)22-18(4,5)6)15-8-7-13(19)9-14(12)15/h7-9,11H,10H2,1-6H3. The molecule has 0 fully saturated rings. The van der Waals surface area contributed by atoms with Crippen LogP contribution in [0.5, 0.6) is 0 Å². The van der Waals surface area contributed by atoms with Crippen LogP contribution in [0.2, 0.25) is 0 Å². The van der Waals surface area contributed by atoms with E-state index in [0.717, 1.165) is 17.4 Å². The van der Waals surface area contributed by atoms with E-state index < -0.39 is 11.7 Å². The summed E-state index contributed by atoms with van der Waals surface area (Å²) in [5, 5.41) is 0.765. The number of carbonyl (C=O) groups excluding carboxylic acids is 1. The SMILES string of the molecule is CC(C)(C)Cc1cn(C(=O)OC(C)(C)C)c2ccc(F)cc12. The Kier molecular flexibility index (Phi) is 4.07. The van der Waals surface area contributed by atoms with Crippen LogP contribution < -0.4 is 0 Å². The molecule has 0 unspecified atom stereocenters. The maximum Gasteiger partial charge on any atom is 0.419 e. The number of hydrogen-bond acceptors (Lipinski definition) is 2. The Morgan fingerprint density at radius 1 is 1.18 bits per heavy atom. The summed E-state index contributed by atoms with van der Waals surface area (Å²) in [4.78, 5) is 12.4. The highest BCUT2D eigenvalue weighted by Crippen LogP contribution is 2.29. The molecule has 0 aliphatic rings. The number of ether oxygens (including phenoxy) is 1. The van der Waals surface area contributed by atoms with E-state index in [4.69, 9.17) is 4.74 Å². The van der Waals surface area contributed by atoms with Gasteiger partial charge in [-0.1, -0.05) is 20.8 Å². The first-order valence-electron chi connectivity index (χ1n) is 7.49. The molecule has 0 spiro atoms. The number of rotatable bonds is 1. The van der Waals surface area contributed by atoms with Crippen LogP contribution in [-0.4, -0.2) is 16.3 Å². The van der Waals surface area contributed by atoms with E-state index in [-0.39, 0.29) is 11.2 Å². The molecule has 120 valence electrons. The van der Waals surface area contributed by atoms with Crippen molar-refractivity contribution in [3.8, 4) is 0 Å². The lowest BCUT2D eigenvalue weighted by atomic mass is 9.88. The predicted octanol–water partition coefficient (Wildman–Crippen LogP) is 5.15. The minimum Gasteiger partial charge on any atom is -0.443 e. The molecular weight excluding hydrogens is 281 g/mol. The average molecular weight is 305 g/mol. The first kappa shape index (κ1) is 16.5. The summed E-state index contributed by atoms with van der Waals surface area (Å²) in [5.74, 6) is -0.301. The van der Waals surface area contributed by atoms with Crippen molar-refractivity contribution in [1.82, 2.24) is 4.57 Å². The summed E-state index contributed by atoms with van der Waals surface area (Å²) < 4.78 is 20.5. The number of halogens is 1. The Labute approximate surface area is 131 Å². The highest BCUT2D eigenvalue weighted by atomic mass is 19.1. The van der Waals surface area contributed by atoms with Crippen LogP contribution in [0.3, 0.4) is 0 Å². The minimum absolute atomic E-state index is 0.0410. The molecule has 0 radical (unpaired) electrons. The van der Waals surface area contributed by atoms with Gasteiger partial charge in [-0.25, -0.2) is 9.18 Å². The predicted molar refractivity (Wildman–Crippen MR) is 86.7 cm³/mol. The third-order valence-corrected chi connectivity index (χ3v) is 3.16. The number of benzene rings is 1. The van der Waals surface area contributed by atoms with Crippen LogP contribution >= 0.6 is 0 Å². The third kappa shape index (κ3) is 3.87. The van der Waals surface area contributed by atoms with E-state index in [1.807, 2.05) is 20.8 Å². The molecule has 3 nitrogen and oxygen atoms in total. The number of aromatic nitrogens is 1. The molecule has 0 amide bonds. The topological polar surface area (TPSA) is 31.2 Å². The molecule has 1 heterocycles. The Hall–Kier alpha value is -1.84. The molecular formula is C18H24FNO2. The fraction of sp³-hybridized carbons (Fsp3) is 0.500. The fourth-order valence-corrected chi connectivity index (χ4v) is 2.44. The molecule has 0 N–H and O–H groups in total. The van der Waals surface area contributed by atoms with Crippen molar-refractivity contribution in [3.63, 3.8) is 0 Å². The van der Waals surface area contributed by atoms with Crippen LogP contribution in [-0.2, 0) is 11.2 Å². The summed E-state index contributed by atoms with van der Waals surface area (Å²) in [6, 6.07) is 4.47. The third-order valence-electron chi connectivity index (χ3n) is 3.16. The van der Waals surface area contributed by atoms with E-state index >= 15 is 0 Å². The lowest BCUT2D eigenvalue weighted by molar-refractivity contribution is 0.0544. The molecule has 0 aliphatic heterocycles. The normalized spacial score (nSPS) is 12.7. The van der Waals surface area contributed by atoms with Gasteiger partial charge in [0, 0.05) is 11.6 Å². The van der Waals surface area contributed by atoms with Crippen LogP contribution in [0.4, 0.5) is 9.18 Å². The van der Waals surface area contributed by atoms with Crippen molar-refractivity contribution >= 4 is 17.0 Å². The van der Waals surface area contributed by atoms with Crippen molar-refractivity contribution in [1.29, 1.82) is 0 Å². The van der Waals surface area contributed by atoms with Crippen LogP contribution in [0, 0.1) is 11.2 Å². The lowest BCUT2D eigenvalue weighted by Crippen LogP contribution is -2.26. The van der Waals surface area contributed by atoms with Crippen molar-refractivity contribution in [2.45, 2.75) is 53.6 Å². The highest BCUT2D eigenvalue weighted by Gasteiger charge is 2.22. The van der Waals surface area contributed by atoms with E-state index in [2.05, 4.69) is 20.8 Å². The molecule has 0 aliphatic carbocycles. The second kappa shape index (κ2) is 5.41. The summed E-state index contributed by atoms with van der Waals surface area (Å²) >= 11 is 0. The molecule has 2 rings (SSSR count). The van der Waals surface area contributed by atoms with Crippen LogP contribution in [0.1, 0.15) is 47.1 Å². The molecule has 22 heavy (non-hydrogen) atoms. The summed E-state index contributed by atoms with van der Waals surface area (Å²) in [5.41, 5.74) is 1.10. The highest BCUT2D eigenvalue weighted by molar-refractivity contribution is 5.92. The smallest absolute Gasteiger partial charge is 0.419 e. The maximum atomic E-state index is 13.6. The molecule has 4 heteroatoms. The zero-order valence-corrected chi connectivity index (χ0v) is 14.2. The quantitative estimate of drug-likeness (QED) is 0.729. The molecule has 0 saturated heterocycles.